The fourth-order valence-corrected chi connectivity index (χ4v) is 3.16. The molecule has 1 atom stereocenters. The molecule has 0 saturated heterocycles. The molecule has 0 spiro atoms. The van der Waals surface area contributed by atoms with Crippen LogP contribution in [-0.2, 0) is 0 Å². The fraction of sp³-hybridized carbons (Fsp3) is 0.529. The van der Waals surface area contributed by atoms with Crippen molar-refractivity contribution in [3.63, 3.8) is 0 Å². The molecule has 0 aliphatic heterocycles. The molecular formula is C17H21BrClN. The van der Waals surface area contributed by atoms with E-state index in [9.17, 15) is 0 Å². The Kier molecular flexibility index (Phi) is 6.42. The van der Waals surface area contributed by atoms with E-state index in [1.54, 1.807) is 0 Å². The van der Waals surface area contributed by atoms with Gasteiger partial charge in [0.2, 0.25) is 0 Å². The number of nitrogens with one attached hydrogen (secondary N) is 1. The van der Waals surface area contributed by atoms with Gasteiger partial charge in [-0.05, 0) is 59.8 Å². The molecule has 1 aliphatic carbocycles. The molecule has 108 valence electrons. The van der Waals surface area contributed by atoms with E-state index in [2.05, 4.69) is 40.0 Å². The van der Waals surface area contributed by atoms with E-state index < -0.39 is 0 Å². The monoisotopic (exact) mass is 353 g/mol. The van der Waals surface area contributed by atoms with E-state index in [0.717, 1.165) is 22.5 Å². The fourth-order valence-electron chi connectivity index (χ4n) is 2.73. The topological polar surface area (TPSA) is 12.0 Å². The van der Waals surface area contributed by atoms with Crippen LogP contribution in [0.5, 0.6) is 0 Å². The molecule has 1 fully saturated rings. The summed E-state index contributed by atoms with van der Waals surface area (Å²) in [7, 11) is 0. The van der Waals surface area contributed by atoms with Crippen LogP contribution in [0.2, 0.25) is 5.02 Å². The Balaban J connectivity index is 1.80. The Hall–Kier alpha value is -0.490. The Morgan fingerprint density at radius 3 is 2.80 bits per heavy atom. The first kappa shape index (κ1) is 15.9. The third-order valence-corrected chi connectivity index (χ3v) is 5.25. The Bertz CT molecular complexity index is 497. The van der Waals surface area contributed by atoms with Crippen molar-refractivity contribution < 1.29 is 0 Å². The minimum Gasteiger partial charge on any atom is -0.303 e. The van der Waals surface area contributed by atoms with Crippen LogP contribution in [0.15, 0.2) is 22.7 Å². The quantitative estimate of drug-likeness (QED) is 0.752. The molecular weight excluding hydrogens is 334 g/mol. The Morgan fingerprint density at radius 1 is 1.35 bits per heavy atom. The lowest BCUT2D eigenvalue weighted by molar-refractivity contribution is 0.287. The van der Waals surface area contributed by atoms with Gasteiger partial charge in [-0.2, -0.15) is 0 Å². The van der Waals surface area contributed by atoms with E-state index in [-0.39, 0.29) is 0 Å². The number of rotatable bonds is 3. The SMILES string of the molecule is CC(NCC#Cc1ccc(Br)c(Cl)c1)C1CCCCC1. The summed E-state index contributed by atoms with van der Waals surface area (Å²) >= 11 is 9.43. The summed E-state index contributed by atoms with van der Waals surface area (Å²) in [5.41, 5.74) is 0.963. The van der Waals surface area contributed by atoms with Crippen molar-refractivity contribution in [2.24, 2.45) is 5.92 Å². The van der Waals surface area contributed by atoms with E-state index >= 15 is 0 Å². The Morgan fingerprint density at radius 2 is 2.10 bits per heavy atom. The molecule has 20 heavy (non-hydrogen) atoms. The first-order valence-electron chi connectivity index (χ1n) is 7.34. The van der Waals surface area contributed by atoms with Gasteiger partial charge in [0.05, 0.1) is 11.6 Å². The summed E-state index contributed by atoms with van der Waals surface area (Å²) in [6.45, 7) is 3.03. The maximum Gasteiger partial charge on any atom is 0.0582 e. The summed E-state index contributed by atoms with van der Waals surface area (Å²) in [6.07, 6.45) is 6.92. The van der Waals surface area contributed by atoms with Gasteiger partial charge < -0.3 is 5.32 Å². The zero-order chi connectivity index (χ0) is 14.4. The van der Waals surface area contributed by atoms with Gasteiger partial charge in [0.15, 0.2) is 0 Å². The predicted molar refractivity (Wildman–Crippen MR) is 90.1 cm³/mol. The van der Waals surface area contributed by atoms with Gasteiger partial charge in [-0.3, -0.25) is 0 Å². The summed E-state index contributed by atoms with van der Waals surface area (Å²) in [5, 5.41) is 4.24. The predicted octanol–water partition coefficient (Wildman–Crippen LogP) is 5.01. The standard InChI is InChI=1S/C17H21BrClN/c1-13(15-7-3-2-4-8-15)20-11-5-6-14-9-10-16(18)17(19)12-14/h9-10,12-13,15,20H,2-4,7-8,11H2,1H3. The van der Waals surface area contributed by atoms with Crippen LogP contribution in [0.1, 0.15) is 44.6 Å². The van der Waals surface area contributed by atoms with Crippen LogP contribution >= 0.6 is 27.5 Å². The molecule has 1 nitrogen and oxygen atoms in total. The molecule has 3 heteroatoms. The van der Waals surface area contributed by atoms with Crippen molar-refractivity contribution in [3.05, 3.63) is 33.3 Å². The summed E-state index contributed by atoms with van der Waals surface area (Å²) < 4.78 is 0.911. The maximum atomic E-state index is 6.05. The van der Waals surface area contributed by atoms with Gasteiger partial charge in [-0.1, -0.05) is 42.7 Å². The number of hydrogen-bond acceptors (Lipinski definition) is 1. The second-order valence-electron chi connectivity index (χ2n) is 5.50. The van der Waals surface area contributed by atoms with Crippen LogP contribution in [0.4, 0.5) is 0 Å². The van der Waals surface area contributed by atoms with Gasteiger partial charge in [0.25, 0.3) is 0 Å². The molecule has 1 aromatic carbocycles. The molecule has 2 rings (SSSR count). The number of hydrogen-bond donors (Lipinski definition) is 1. The smallest absolute Gasteiger partial charge is 0.0582 e. The third-order valence-electron chi connectivity index (χ3n) is 4.02. The highest BCUT2D eigenvalue weighted by Crippen LogP contribution is 2.26. The number of benzene rings is 1. The average molecular weight is 355 g/mol. The number of halogens is 2. The van der Waals surface area contributed by atoms with Crippen LogP contribution in [-0.4, -0.2) is 12.6 Å². The van der Waals surface area contributed by atoms with E-state index in [0.29, 0.717) is 11.1 Å². The molecule has 1 N–H and O–H groups in total. The average Bonchev–Trinajstić information content (AvgIpc) is 2.48. The molecule has 0 radical (unpaired) electrons. The maximum absolute atomic E-state index is 6.05. The van der Waals surface area contributed by atoms with Crippen LogP contribution in [0.3, 0.4) is 0 Å². The van der Waals surface area contributed by atoms with E-state index in [4.69, 9.17) is 11.6 Å². The van der Waals surface area contributed by atoms with Crippen LogP contribution in [0.25, 0.3) is 0 Å². The minimum absolute atomic E-state index is 0.568. The van der Waals surface area contributed by atoms with Gasteiger partial charge in [-0.15, -0.1) is 0 Å². The first-order valence-corrected chi connectivity index (χ1v) is 8.51. The molecule has 1 unspecified atom stereocenters. The molecule has 0 bridgehead atoms. The summed E-state index contributed by atoms with van der Waals surface area (Å²) in [4.78, 5) is 0. The molecule has 1 aromatic rings. The van der Waals surface area contributed by atoms with Crippen LogP contribution in [0, 0.1) is 17.8 Å². The van der Waals surface area contributed by atoms with Crippen molar-refractivity contribution in [2.75, 3.05) is 6.54 Å². The lowest BCUT2D eigenvalue weighted by atomic mass is 9.84. The van der Waals surface area contributed by atoms with Crippen molar-refractivity contribution in [1.29, 1.82) is 0 Å². The molecule has 1 aliphatic rings. The first-order chi connectivity index (χ1) is 9.66. The zero-order valence-electron chi connectivity index (χ0n) is 11.9. The van der Waals surface area contributed by atoms with Crippen molar-refractivity contribution >= 4 is 27.5 Å². The van der Waals surface area contributed by atoms with Crippen molar-refractivity contribution in [1.82, 2.24) is 5.32 Å². The highest BCUT2D eigenvalue weighted by atomic mass is 79.9. The largest absolute Gasteiger partial charge is 0.303 e. The zero-order valence-corrected chi connectivity index (χ0v) is 14.2. The second-order valence-corrected chi connectivity index (χ2v) is 6.76. The van der Waals surface area contributed by atoms with Crippen molar-refractivity contribution in [2.45, 2.75) is 45.1 Å². The molecule has 0 aromatic heterocycles. The minimum atomic E-state index is 0.568. The van der Waals surface area contributed by atoms with Crippen LogP contribution < -0.4 is 5.32 Å². The van der Waals surface area contributed by atoms with E-state index in [1.807, 2.05) is 18.2 Å². The highest BCUT2D eigenvalue weighted by molar-refractivity contribution is 9.10. The normalized spacial score (nSPS) is 17.4. The lowest BCUT2D eigenvalue weighted by Crippen LogP contribution is -2.34. The Labute approximate surface area is 135 Å². The van der Waals surface area contributed by atoms with Gasteiger partial charge >= 0.3 is 0 Å². The lowest BCUT2D eigenvalue weighted by Gasteiger charge is -2.27. The summed E-state index contributed by atoms with van der Waals surface area (Å²) in [5.74, 6) is 7.16. The van der Waals surface area contributed by atoms with Crippen molar-refractivity contribution in [3.8, 4) is 11.8 Å². The highest BCUT2D eigenvalue weighted by Gasteiger charge is 2.18. The second kappa shape index (κ2) is 8.08. The molecule has 1 saturated carbocycles. The van der Waals surface area contributed by atoms with E-state index in [1.165, 1.54) is 32.1 Å². The van der Waals surface area contributed by atoms with Gasteiger partial charge in [0, 0.05) is 16.1 Å². The molecule has 0 heterocycles. The van der Waals surface area contributed by atoms with Gasteiger partial charge in [0.1, 0.15) is 0 Å². The molecule has 0 amide bonds. The third kappa shape index (κ3) is 4.81. The van der Waals surface area contributed by atoms with Gasteiger partial charge in [-0.25, -0.2) is 0 Å². The summed E-state index contributed by atoms with van der Waals surface area (Å²) in [6, 6.07) is 6.37.